The third-order valence-electron chi connectivity index (χ3n) is 4.31. The van der Waals surface area contributed by atoms with Crippen LogP contribution in [0.5, 0.6) is 0 Å². The van der Waals surface area contributed by atoms with Crippen molar-refractivity contribution >= 4 is 23.2 Å². The van der Waals surface area contributed by atoms with Crippen LogP contribution in [0.4, 0.5) is 19.1 Å². The van der Waals surface area contributed by atoms with E-state index in [4.69, 9.17) is 5.73 Å². The highest BCUT2D eigenvalue weighted by molar-refractivity contribution is 7.13. The molecular weight excluding hydrogens is 367 g/mol. The smallest absolute Gasteiger partial charge is 0.366 e. The Hall–Kier alpha value is -2.20. The maximum absolute atomic E-state index is 13.4. The van der Waals surface area contributed by atoms with Crippen molar-refractivity contribution < 1.29 is 18.0 Å². The topological polar surface area (TPSA) is 92.9 Å². The van der Waals surface area contributed by atoms with Gasteiger partial charge in [-0.3, -0.25) is 4.79 Å². The van der Waals surface area contributed by atoms with Crippen molar-refractivity contribution in [3.63, 3.8) is 0 Å². The van der Waals surface area contributed by atoms with Crippen molar-refractivity contribution in [1.82, 2.24) is 15.3 Å². The summed E-state index contributed by atoms with van der Waals surface area (Å²) in [5, 5.41) is 7.81. The van der Waals surface area contributed by atoms with E-state index in [0.717, 1.165) is 37.0 Å². The number of thiophene rings is 1. The number of nitrogens with zero attached hydrogens (tertiary/aromatic N) is 2. The summed E-state index contributed by atoms with van der Waals surface area (Å²) >= 11 is 0.988. The number of nitrogens with one attached hydrogen (secondary N) is 2. The molecule has 2 atom stereocenters. The summed E-state index contributed by atoms with van der Waals surface area (Å²) in [6.07, 6.45) is -3.00. The number of hydrogen-bond acceptors (Lipinski definition) is 6. The quantitative estimate of drug-likeness (QED) is 0.753. The van der Waals surface area contributed by atoms with Gasteiger partial charge in [-0.05, 0) is 31.5 Å². The summed E-state index contributed by atoms with van der Waals surface area (Å²) in [6.45, 7) is 3.69. The van der Waals surface area contributed by atoms with Crippen molar-refractivity contribution in [3.8, 4) is 10.6 Å². The van der Waals surface area contributed by atoms with Crippen molar-refractivity contribution in [1.29, 1.82) is 0 Å². The van der Waals surface area contributed by atoms with Crippen LogP contribution in [0.3, 0.4) is 0 Å². The second kappa shape index (κ2) is 7.20. The van der Waals surface area contributed by atoms with Crippen molar-refractivity contribution in [3.05, 3.63) is 28.8 Å². The molecule has 140 valence electrons. The van der Waals surface area contributed by atoms with Gasteiger partial charge < -0.3 is 16.4 Å². The van der Waals surface area contributed by atoms with Gasteiger partial charge in [0.15, 0.2) is 0 Å². The zero-order valence-corrected chi connectivity index (χ0v) is 14.7. The summed E-state index contributed by atoms with van der Waals surface area (Å²) in [6, 6.07) is 1.40. The highest BCUT2D eigenvalue weighted by Gasteiger charge is 2.36. The fourth-order valence-electron chi connectivity index (χ4n) is 2.83. The van der Waals surface area contributed by atoms with Gasteiger partial charge in [0.05, 0.1) is 16.1 Å². The molecular formula is C16H18F3N5OS. The predicted octanol–water partition coefficient (Wildman–Crippen LogP) is 2.73. The van der Waals surface area contributed by atoms with Crippen LogP contribution in [0.2, 0.25) is 0 Å². The molecule has 0 spiro atoms. The maximum Gasteiger partial charge on any atom is 0.420 e. The van der Waals surface area contributed by atoms with Gasteiger partial charge in [-0.1, -0.05) is 6.92 Å². The van der Waals surface area contributed by atoms with E-state index in [1.807, 2.05) is 6.92 Å². The molecule has 10 heteroatoms. The Morgan fingerprint density at radius 3 is 2.85 bits per heavy atom. The molecule has 0 bridgehead atoms. The molecule has 0 aromatic carbocycles. The summed E-state index contributed by atoms with van der Waals surface area (Å²) in [4.78, 5) is 19.4. The third kappa shape index (κ3) is 3.96. The van der Waals surface area contributed by atoms with E-state index < -0.39 is 17.6 Å². The third-order valence-corrected chi connectivity index (χ3v) is 5.25. The van der Waals surface area contributed by atoms with Crippen LogP contribution < -0.4 is 16.4 Å². The molecule has 1 saturated heterocycles. The van der Waals surface area contributed by atoms with Gasteiger partial charge in [-0.15, -0.1) is 11.3 Å². The van der Waals surface area contributed by atoms with Crippen LogP contribution in [0, 0.1) is 5.92 Å². The Balaban J connectivity index is 1.97. The Labute approximate surface area is 152 Å². The number of carbonyl (C=O) groups is 1. The highest BCUT2D eigenvalue weighted by atomic mass is 32.1. The fraction of sp³-hybridized carbons (Fsp3) is 0.438. The predicted molar refractivity (Wildman–Crippen MR) is 92.9 cm³/mol. The average Bonchev–Trinajstić information content (AvgIpc) is 3.06. The molecule has 2 aromatic heterocycles. The molecule has 6 nitrogen and oxygen atoms in total. The molecule has 2 aromatic rings. The Kier molecular flexibility index (Phi) is 5.15. The molecule has 0 unspecified atom stereocenters. The molecule has 3 rings (SSSR count). The van der Waals surface area contributed by atoms with Crippen LogP contribution in [0.15, 0.2) is 17.6 Å². The van der Waals surface area contributed by atoms with Gasteiger partial charge >= 0.3 is 6.18 Å². The number of aromatic nitrogens is 2. The molecule has 3 heterocycles. The lowest BCUT2D eigenvalue weighted by Gasteiger charge is -2.30. The van der Waals surface area contributed by atoms with Crippen molar-refractivity contribution in [2.24, 2.45) is 11.7 Å². The monoisotopic (exact) mass is 385 g/mol. The molecule has 1 aliphatic heterocycles. The number of anilines is 1. The number of piperidine rings is 1. The first-order valence-electron chi connectivity index (χ1n) is 8.06. The maximum atomic E-state index is 13.4. The van der Waals surface area contributed by atoms with Crippen LogP contribution >= 0.6 is 11.3 Å². The highest BCUT2D eigenvalue weighted by Crippen LogP contribution is 2.38. The lowest BCUT2D eigenvalue weighted by Crippen LogP contribution is -2.42. The minimum atomic E-state index is -4.60. The van der Waals surface area contributed by atoms with Crippen LogP contribution in [0.1, 0.15) is 29.3 Å². The van der Waals surface area contributed by atoms with Gasteiger partial charge in [0.1, 0.15) is 5.56 Å². The number of halogens is 3. The lowest BCUT2D eigenvalue weighted by molar-refractivity contribution is -0.137. The van der Waals surface area contributed by atoms with E-state index in [9.17, 15) is 18.0 Å². The van der Waals surface area contributed by atoms with Gasteiger partial charge in [-0.2, -0.15) is 13.2 Å². The first-order chi connectivity index (χ1) is 12.3. The van der Waals surface area contributed by atoms with Gasteiger partial charge in [-0.25, -0.2) is 9.97 Å². The SMILES string of the molecule is C[C@@H]1CNCC[C@@H]1Nc1ncc(C(F)(F)F)c(-c2cc(C(N)=O)cs2)n1. The van der Waals surface area contributed by atoms with E-state index in [1.54, 1.807) is 0 Å². The number of carbonyl (C=O) groups excluding carboxylic acids is 1. The van der Waals surface area contributed by atoms with Gasteiger partial charge in [0.25, 0.3) is 0 Å². The van der Waals surface area contributed by atoms with E-state index >= 15 is 0 Å². The zero-order valence-electron chi connectivity index (χ0n) is 13.9. The summed E-state index contributed by atoms with van der Waals surface area (Å²) in [7, 11) is 0. The molecule has 1 amide bonds. The summed E-state index contributed by atoms with van der Waals surface area (Å²) < 4.78 is 40.1. The van der Waals surface area contributed by atoms with Crippen LogP contribution in [0.25, 0.3) is 10.6 Å². The van der Waals surface area contributed by atoms with Gasteiger partial charge in [0, 0.05) is 17.6 Å². The first-order valence-corrected chi connectivity index (χ1v) is 8.94. The van der Waals surface area contributed by atoms with Crippen LogP contribution in [-0.4, -0.2) is 35.0 Å². The van der Waals surface area contributed by atoms with E-state index in [2.05, 4.69) is 20.6 Å². The molecule has 0 radical (unpaired) electrons. The first kappa shape index (κ1) is 18.6. The minimum Gasteiger partial charge on any atom is -0.366 e. The fourth-order valence-corrected chi connectivity index (χ4v) is 3.73. The number of primary amides is 1. The second-order valence-corrected chi connectivity index (χ2v) is 7.15. The van der Waals surface area contributed by atoms with Crippen molar-refractivity contribution in [2.75, 3.05) is 18.4 Å². The average molecular weight is 385 g/mol. The van der Waals surface area contributed by atoms with Crippen molar-refractivity contribution in [2.45, 2.75) is 25.6 Å². The Morgan fingerprint density at radius 1 is 1.46 bits per heavy atom. The van der Waals surface area contributed by atoms with E-state index in [-0.39, 0.29) is 28.1 Å². The molecule has 0 aliphatic carbocycles. The Bertz CT molecular complexity index is 807. The standard InChI is InChI=1S/C16H18F3N5OS/c1-8-5-21-3-2-11(8)23-15-22-6-10(16(17,18)19)13(24-15)12-4-9(7-26-12)14(20)25/h4,6-8,11,21H,2-3,5H2,1H3,(H2,20,25)(H,22,23,24)/t8-,11+/m1/s1. The lowest BCUT2D eigenvalue weighted by atomic mass is 9.95. The molecule has 0 saturated carbocycles. The number of nitrogens with two attached hydrogens (primary N) is 1. The summed E-state index contributed by atoms with van der Waals surface area (Å²) in [5.74, 6) is -0.265. The number of rotatable bonds is 4. The molecule has 26 heavy (non-hydrogen) atoms. The van der Waals surface area contributed by atoms with Crippen LogP contribution in [-0.2, 0) is 6.18 Å². The molecule has 4 N–H and O–H groups in total. The Morgan fingerprint density at radius 2 is 2.23 bits per heavy atom. The molecule has 1 aliphatic rings. The van der Waals surface area contributed by atoms with Gasteiger partial charge in [0.2, 0.25) is 11.9 Å². The normalized spacial score (nSPS) is 20.8. The second-order valence-electron chi connectivity index (χ2n) is 6.24. The van der Waals surface area contributed by atoms with E-state index in [1.165, 1.54) is 11.4 Å². The number of alkyl halides is 3. The number of hydrogen-bond donors (Lipinski definition) is 3. The van der Waals surface area contributed by atoms with E-state index in [0.29, 0.717) is 5.92 Å². The molecule has 1 fully saturated rings. The number of amides is 1. The zero-order chi connectivity index (χ0) is 18.9. The minimum absolute atomic E-state index is 0.0744. The summed E-state index contributed by atoms with van der Waals surface area (Å²) in [5.41, 5.74) is 4.14. The largest absolute Gasteiger partial charge is 0.420 e.